The number of morpholine rings is 1. The highest BCUT2D eigenvalue weighted by atomic mass is 32.1. The third-order valence-corrected chi connectivity index (χ3v) is 7.57. The van der Waals surface area contributed by atoms with Crippen molar-refractivity contribution in [1.82, 2.24) is 19.9 Å². The molecule has 35 heavy (non-hydrogen) atoms. The third-order valence-electron chi connectivity index (χ3n) is 6.55. The standard InChI is InChI=1S/C27H27N5O2S/c1-16-10-18-17-8-9-28-12-21(17)30-25(18)20(11-16)31-26(33)22-14-34-27(2,3)15-32(22)13-24-29-19-6-4-5-7-23(19)35-24/h4-12,22,30H,13-15H2,1-3H3,(H,31,33). The van der Waals surface area contributed by atoms with Crippen molar-refractivity contribution >= 4 is 55.0 Å². The van der Waals surface area contributed by atoms with Gasteiger partial charge in [-0.3, -0.25) is 14.7 Å². The highest BCUT2D eigenvalue weighted by molar-refractivity contribution is 7.18. The van der Waals surface area contributed by atoms with E-state index in [0.717, 1.165) is 48.3 Å². The first-order valence-electron chi connectivity index (χ1n) is 11.8. The van der Waals surface area contributed by atoms with Crippen LogP contribution in [-0.4, -0.2) is 50.6 Å². The molecule has 6 rings (SSSR count). The molecule has 1 aliphatic rings. The molecule has 7 nitrogen and oxygen atoms in total. The summed E-state index contributed by atoms with van der Waals surface area (Å²) < 4.78 is 7.25. The molecule has 1 atom stereocenters. The van der Waals surface area contributed by atoms with E-state index in [2.05, 4.69) is 46.2 Å². The van der Waals surface area contributed by atoms with E-state index in [4.69, 9.17) is 9.72 Å². The Morgan fingerprint density at radius 1 is 1.26 bits per heavy atom. The smallest absolute Gasteiger partial charge is 0.244 e. The summed E-state index contributed by atoms with van der Waals surface area (Å²) in [5.74, 6) is -0.0784. The van der Waals surface area contributed by atoms with Crippen LogP contribution in [0.1, 0.15) is 24.4 Å². The molecule has 3 aromatic heterocycles. The van der Waals surface area contributed by atoms with Crippen molar-refractivity contribution < 1.29 is 9.53 Å². The number of hydrogen-bond acceptors (Lipinski definition) is 6. The molecule has 2 aromatic carbocycles. The number of H-pyrrole nitrogens is 1. The number of amides is 1. The SMILES string of the molecule is Cc1cc(NC(=O)C2COC(C)(C)CN2Cc2nc3ccccc3s2)c2[nH]c3cnccc3c2c1. The first-order chi connectivity index (χ1) is 16.9. The van der Waals surface area contributed by atoms with Gasteiger partial charge < -0.3 is 15.0 Å². The molecule has 0 radical (unpaired) electrons. The number of anilines is 1. The van der Waals surface area contributed by atoms with Crippen molar-refractivity contribution in [3.8, 4) is 0 Å². The largest absolute Gasteiger partial charge is 0.372 e. The van der Waals surface area contributed by atoms with E-state index in [1.165, 1.54) is 0 Å². The number of para-hydroxylation sites is 1. The van der Waals surface area contributed by atoms with E-state index in [0.29, 0.717) is 19.7 Å². The molecule has 0 saturated carbocycles. The Kier molecular flexibility index (Phi) is 5.32. The van der Waals surface area contributed by atoms with Crippen LogP contribution >= 0.6 is 11.3 Å². The van der Waals surface area contributed by atoms with Crippen LogP contribution in [0.15, 0.2) is 54.9 Å². The van der Waals surface area contributed by atoms with Crippen LogP contribution in [0.25, 0.3) is 32.0 Å². The van der Waals surface area contributed by atoms with Crippen LogP contribution < -0.4 is 5.32 Å². The lowest BCUT2D eigenvalue weighted by molar-refractivity contribution is -0.144. The number of ether oxygens (including phenoxy) is 1. The van der Waals surface area contributed by atoms with Crippen molar-refractivity contribution in [1.29, 1.82) is 0 Å². The van der Waals surface area contributed by atoms with Gasteiger partial charge in [-0.05, 0) is 56.7 Å². The van der Waals surface area contributed by atoms with Gasteiger partial charge in [0.05, 0.1) is 51.9 Å². The van der Waals surface area contributed by atoms with Crippen LogP contribution in [0.2, 0.25) is 0 Å². The van der Waals surface area contributed by atoms with Crippen molar-refractivity contribution in [2.75, 3.05) is 18.5 Å². The number of pyridine rings is 1. The van der Waals surface area contributed by atoms with E-state index in [1.807, 2.05) is 43.5 Å². The molecule has 1 fully saturated rings. The number of nitrogens with one attached hydrogen (secondary N) is 2. The van der Waals surface area contributed by atoms with Gasteiger partial charge in [0.2, 0.25) is 5.91 Å². The van der Waals surface area contributed by atoms with Gasteiger partial charge >= 0.3 is 0 Å². The molecule has 4 heterocycles. The number of carbonyl (C=O) groups excluding carboxylic acids is 1. The number of aromatic amines is 1. The second-order valence-electron chi connectivity index (χ2n) is 9.84. The molecular weight excluding hydrogens is 458 g/mol. The van der Waals surface area contributed by atoms with Crippen molar-refractivity contribution in [3.63, 3.8) is 0 Å². The predicted octanol–water partition coefficient (Wildman–Crippen LogP) is 5.25. The Morgan fingerprint density at radius 2 is 2.11 bits per heavy atom. The molecule has 1 saturated heterocycles. The molecule has 1 amide bonds. The number of thiazole rings is 1. The summed E-state index contributed by atoms with van der Waals surface area (Å²) in [5, 5.41) is 6.37. The van der Waals surface area contributed by atoms with Crippen molar-refractivity contribution in [2.24, 2.45) is 0 Å². The fraction of sp³-hybridized carbons (Fsp3) is 0.296. The molecule has 8 heteroatoms. The molecule has 0 aliphatic carbocycles. The Bertz CT molecular complexity index is 1540. The van der Waals surface area contributed by atoms with E-state index < -0.39 is 6.04 Å². The minimum absolute atomic E-state index is 0.0784. The van der Waals surface area contributed by atoms with Crippen LogP contribution in [0.5, 0.6) is 0 Å². The zero-order valence-electron chi connectivity index (χ0n) is 20.0. The Labute approximate surface area is 207 Å². The second kappa shape index (κ2) is 8.41. The number of rotatable bonds is 4. The predicted molar refractivity (Wildman–Crippen MR) is 141 cm³/mol. The maximum Gasteiger partial charge on any atom is 0.244 e. The fourth-order valence-corrected chi connectivity index (χ4v) is 5.93. The summed E-state index contributed by atoms with van der Waals surface area (Å²) in [4.78, 5) is 28.3. The molecule has 0 spiro atoms. The average Bonchev–Trinajstić information content (AvgIpc) is 3.39. The first kappa shape index (κ1) is 22.2. The van der Waals surface area contributed by atoms with E-state index in [9.17, 15) is 4.79 Å². The number of carbonyl (C=O) groups is 1. The topological polar surface area (TPSA) is 83.1 Å². The second-order valence-corrected chi connectivity index (χ2v) is 11.0. The van der Waals surface area contributed by atoms with Gasteiger partial charge in [-0.25, -0.2) is 4.98 Å². The van der Waals surface area contributed by atoms with E-state index >= 15 is 0 Å². The Balaban J connectivity index is 1.31. The summed E-state index contributed by atoms with van der Waals surface area (Å²) in [7, 11) is 0. The van der Waals surface area contributed by atoms with Crippen LogP contribution in [0.4, 0.5) is 5.69 Å². The minimum Gasteiger partial charge on any atom is -0.372 e. The highest BCUT2D eigenvalue weighted by Gasteiger charge is 2.38. The molecule has 0 bridgehead atoms. The normalized spacial score (nSPS) is 18.4. The van der Waals surface area contributed by atoms with Gasteiger partial charge in [0.15, 0.2) is 0 Å². The quantitative estimate of drug-likeness (QED) is 0.363. The maximum absolute atomic E-state index is 13.6. The average molecular weight is 486 g/mol. The molecule has 5 aromatic rings. The molecule has 2 N–H and O–H groups in total. The summed E-state index contributed by atoms with van der Waals surface area (Å²) in [6, 6.07) is 13.9. The van der Waals surface area contributed by atoms with Crippen LogP contribution in [-0.2, 0) is 16.1 Å². The van der Waals surface area contributed by atoms with Crippen LogP contribution in [0, 0.1) is 6.92 Å². The van der Waals surface area contributed by atoms with E-state index in [-0.39, 0.29) is 11.5 Å². The van der Waals surface area contributed by atoms with Gasteiger partial charge in [-0.15, -0.1) is 11.3 Å². The number of aromatic nitrogens is 3. The number of hydrogen-bond donors (Lipinski definition) is 2. The van der Waals surface area contributed by atoms with Gasteiger partial charge in [0, 0.05) is 23.5 Å². The number of benzene rings is 2. The zero-order chi connectivity index (χ0) is 24.2. The van der Waals surface area contributed by atoms with E-state index in [1.54, 1.807) is 17.5 Å². The van der Waals surface area contributed by atoms with Gasteiger partial charge in [-0.2, -0.15) is 0 Å². The number of fused-ring (bicyclic) bond motifs is 4. The van der Waals surface area contributed by atoms with Crippen molar-refractivity contribution in [2.45, 2.75) is 39.0 Å². The summed E-state index contributed by atoms with van der Waals surface area (Å²) in [6.45, 7) is 7.74. The van der Waals surface area contributed by atoms with Crippen molar-refractivity contribution in [3.05, 3.63) is 65.4 Å². The molecular formula is C27H27N5O2S. The van der Waals surface area contributed by atoms with Gasteiger partial charge in [0.1, 0.15) is 11.0 Å². The van der Waals surface area contributed by atoms with Gasteiger partial charge in [-0.1, -0.05) is 12.1 Å². The Hall–Kier alpha value is -3.33. The highest BCUT2D eigenvalue weighted by Crippen LogP contribution is 2.32. The lowest BCUT2D eigenvalue weighted by atomic mass is 10.0. The van der Waals surface area contributed by atoms with Crippen LogP contribution in [0.3, 0.4) is 0 Å². The fourth-order valence-electron chi connectivity index (χ4n) is 4.94. The third kappa shape index (κ3) is 4.18. The molecule has 1 aliphatic heterocycles. The maximum atomic E-state index is 13.6. The number of nitrogens with zero attached hydrogens (tertiary/aromatic N) is 3. The lowest BCUT2D eigenvalue weighted by Gasteiger charge is -2.42. The first-order valence-corrected chi connectivity index (χ1v) is 12.6. The molecule has 1 unspecified atom stereocenters. The monoisotopic (exact) mass is 485 g/mol. The Morgan fingerprint density at radius 3 is 2.97 bits per heavy atom. The minimum atomic E-state index is -0.420. The zero-order valence-corrected chi connectivity index (χ0v) is 20.8. The number of aryl methyl sites for hydroxylation is 1. The summed E-state index contributed by atoms with van der Waals surface area (Å²) in [6.07, 6.45) is 3.60. The lowest BCUT2D eigenvalue weighted by Crippen LogP contribution is -2.57. The summed E-state index contributed by atoms with van der Waals surface area (Å²) in [5.41, 5.74) is 4.36. The molecule has 178 valence electrons. The summed E-state index contributed by atoms with van der Waals surface area (Å²) >= 11 is 1.68. The van der Waals surface area contributed by atoms with Gasteiger partial charge in [0.25, 0.3) is 0 Å².